The second-order valence-electron chi connectivity index (χ2n) is 5.86. The van der Waals surface area contributed by atoms with Crippen LogP contribution in [0.2, 0.25) is 0 Å². The molecular weight excluding hydrogens is 208 g/mol. The van der Waals surface area contributed by atoms with Gasteiger partial charge in [-0.2, -0.15) is 0 Å². The molecule has 0 saturated carbocycles. The molecule has 92 valence electrons. The molecule has 0 spiro atoms. The summed E-state index contributed by atoms with van der Waals surface area (Å²) in [6.07, 6.45) is 4.04. The van der Waals surface area contributed by atoms with Crippen molar-refractivity contribution in [3.63, 3.8) is 0 Å². The van der Waals surface area contributed by atoms with Crippen LogP contribution in [0.25, 0.3) is 0 Å². The summed E-state index contributed by atoms with van der Waals surface area (Å²) >= 11 is 0. The van der Waals surface area contributed by atoms with Crippen LogP contribution in [0.3, 0.4) is 0 Å². The molecule has 1 saturated heterocycles. The summed E-state index contributed by atoms with van der Waals surface area (Å²) in [4.78, 5) is 2.59. The van der Waals surface area contributed by atoms with Crippen LogP contribution in [0.5, 0.6) is 0 Å². The number of piperidine rings is 1. The van der Waals surface area contributed by atoms with Crippen molar-refractivity contribution in [3.05, 3.63) is 35.4 Å². The molecular formula is C15H22N2. The number of nitrogens with one attached hydrogen (secondary N) is 1. The zero-order chi connectivity index (χ0) is 11.7. The van der Waals surface area contributed by atoms with E-state index in [1.165, 1.54) is 43.5 Å². The van der Waals surface area contributed by atoms with Gasteiger partial charge < -0.3 is 5.32 Å². The van der Waals surface area contributed by atoms with E-state index >= 15 is 0 Å². The summed E-state index contributed by atoms with van der Waals surface area (Å²) < 4.78 is 0. The van der Waals surface area contributed by atoms with Gasteiger partial charge in [0.25, 0.3) is 0 Å². The van der Waals surface area contributed by atoms with Crippen molar-refractivity contribution in [2.45, 2.75) is 44.8 Å². The molecule has 0 radical (unpaired) electrons. The Kier molecular flexibility index (Phi) is 2.93. The summed E-state index contributed by atoms with van der Waals surface area (Å²) in [7, 11) is 0. The van der Waals surface area contributed by atoms with Crippen molar-refractivity contribution in [3.8, 4) is 0 Å². The maximum atomic E-state index is 3.71. The standard InChI is InChI=1S/C15H22N2/c1-15(8-4-5-9-16-15)12-17-10-13-6-2-3-7-14(13)11-17/h2-3,6-7,16H,4-5,8-12H2,1H3. The first-order chi connectivity index (χ1) is 8.25. The lowest BCUT2D eigenvalue weighted by Gasteiger charge is -2.38. The van der Waals surface area contributed by atoms with Gasteiger partial charge in [-0.25, -0.2) is 0 Å². The first-order valence-electron chi connectivity index (χ1n) is 6.79. The first kappa shape index (κ1) is 11.2. The van der Waals surface area contributed by atoms with E-state index in [2.05, 4.69) is 41.4 Å². The monoisotopic (exact) mass is 230 g/mol. The third-order valence-electron chi connectivity index (χ3n) is 4.19. The smallest absolute Gasteiger partial charge is 0.0280 e. The average molecular weight is 230 g/mol. The molecule has 2 nitrogen and oxygen atoms in total. The Hall–Kier alpha value is -0.860. The molecule has 0 amide bonds. The van der Waals surface area contributed by atoms with Crippen molar-refractivity contribution in [2.24, 2.45) is 0 Å². The van der Waals surface area contributed by atoms with Crippen molar-refractivity contribution in [1.82, 2.24) is 10.2 Å². The van der Waals surface area contributed by atoms with Gasteiger partial charge in [-0.1, -0.05) is 30.7 Å². The minimum absolute atomic E-state index is 0.334. The second kappa shape index (κ2) is 4.43. The Morgan fingerprint density at radius 3 is 2.47 bits per heavy atom. The Morgan fingerprint density at radius 1 is 1.18 bits per heavy atom. The SMILES string of the molecule is CC1(CN2Cc3ccccc3C2)CCCCN1. The summed E-state index contributed by atoms with van der Waals surface area (Å²) in [5, 5.41) is 3.71. The number of nitrogens with zero attached hydrogens (tertiary/aromatic N) is 1. The number of hydrogen-bond acceptors (Lipinski definition) is 2. The Labute approximate surface area is 104 Å². The van der Waals surface area contributed by atoms with Crippen LogP contribution < -0.4 is 5.32 Å². The molecule has 2 aliphatic heterocycles. The zero-order valence-electron chi connectivity index (χ0n) is 10.7. The van der Waals surface area contributed by atoms with Crippen LogP contribution in [0.15, 0.2) is 24.3 Å². The van der Waals surface area contributed by atoms with Crippen LogP contribution in [-0.4, -0.2) is 23.5 Å². The quantitative estimate of drug-likeness (QED) is 0.840. The van der Waals surface area contributed by atoms with Gasteiger partial charge in [0.15, 0.2) is 0 Å². The van der Waals surface area contributed by atoms with Gasteiger partial charge in [0.1, 0.15) is 0 Å². The van der Waals surface area contributed by atoms with Gasteiger partial charge >= 0.3 is 0 Å². The largest absolute Gasteiger partial charge is 0.310 e. The zero-order valence-corrected chi connectivity index (χ0v) is 10.7. The van der Waals surface area contributed by atoms with Crippen LogP contribution >= 0.6 is 0 Å². The molecule has 3 rings (SSSR count). The first-order valence-corrected chi connectivity index (χ1v) is 6.79. The Morgan fingerprint density at radius 2 is 1.88 bits per heavy atom. The molecule has 0 aliphatic carbocycles. The van der Waals surface area contributed by atoms with Gasteiger partial charge in [0.2, 0.25) is 0 Å². The highest BCUT2D eigenvalue weighted by Crippen LogP contribution is 2.26. The fourth-order valence-electron chi connectivity index (χ4n) is 3.26. The fourth-order valence-corrected chi connectivity index (χ4v) is 3.26. The van der Waals surface area contributed by atoms with Crippen LogP contribution in [0.1, 0.15) is 37.3 Å². The molecule has 0 aromatic heterocycles. The van der Waals surface area contributed by atoms with E-state index in [4.69, 9.17) is 0 Å². The average Bonchev–Trinajstić information content (AvgIpc) is 2.71. The molecule has 2 heteroatoms. The van der Waals surface area contributed by atoms with Crippen molar-refractivity contribution in [1.29, 1.82) is 0 Å². The van der Waals surface area contributed by atoms with Gasteiger partial charge in [0, 0.05) is 25.2 Å². The van der Waals surface area contributed by atoms with Crippen LogP contribution in [0, 0.1) is 0 Å². The second-order valence-corrected chi connectivity index (χ2v) is 5.86. The molecule has 0 bridgehead atoms. The predicted molar refractivity (Wildman–Crippen MR) is 70.8 cm³/mol. The fraction of sp³-hybridized carbons (Fsp3) is 0.600. The van der Waals surface area contributed by atoms with Crippen molar-refractivity contribution >= 4 is 0 Å². The number of hydrogen-bond donors (Lipinski definition) is 1. The molecule has 1 aromatic rings. The van der Waals surface area contributed by atoms with Crippen LogP contribution in [-0.2, 0) is 13.1 Å². The number of fused-ring (bicyclic) bond motifs is 1. The highest BCUT2D eigenvalue weighted by molar-refractivity contribution is 5.30. The maximum absolute atomic E-state index is 3.71. The molecule has 2 heterocycles. The minimum atomic E-state index is 0.334. The topological polar surface area (TPSA) is 15.3 Å². The molecule has 17 heavy (non-hydrogen) atoms. The highest BCUT2D eigenvalue weighted by Gasteiger charge is 2.30. The molecule has 1 fully saturated rings. The summed E-state index contributed by atoms with van der Waals surface area (Å²) in [6.45, 7) is 7.02. The van der Waals surface area contributed by atoms with Gasteiger partial charge in [0.05, 0.1) is 0 Å². The Balaban J connectivity index is 1.65. The third-order valence-corrected chi connectivity index (χ3v) is 4.19. The number of rotatable bonds is 2. The van der Waals surface area contributed by atoms with E-state index in [9.17, 15) is 0 Å². The summed E-state index contributed by atoms with van der Waals surface area (Å²) in [5.74, 6) is 0. The Bertz CT molecular complexity index is 369. The van der Waals surface area contributed by atoms with E-state index < -0.39 is 0 Å². The van der Waals surface area contributed by atoms with E-state index in [1.54, 1.807) is 0 Å². The van der Waals surface area contributed by atoms with E-state index in [1.807, 2.05) is 0 Å². The summed E-state index contributed by atoms with van der Waals surface area (Å²) in [6, 6.07) is 8.85. The van der Waals surface area contributed by atoms with Crippen molar-refractivity contribution < 1.29 is 0 Å². The predicted octanol–water partition coefficient (Wildman–Crippen LogP) is 2.53. The number of benzene rings is 1. The highest BCUT2D eigenvalue weighted by atomic mass is 15.2. The molecule has 1 aromatic carbocycles. The van der Waals surface area contributed by atoms with Crippen molar-refractivity contribution in [2.75, 3.05) is 13.1 Å². The lowest BCUT2D eigenvalue weighted by Crippen LogP contribution is -2.52. The third kappa shape index (κ3) is 2.38. The van der Waals surface area contributed by atoms with E-state index in [-0.39, 0.29) is 0 Å². The summed E-state index contributed by atoms with van der Waals surface area (Å²) in [5.41, 5.74) is 3.37. The van der Waals surface area contributed by atoms with Gasteiger partial charge in [-0.05, 0) is 37.4 Å². The molecule has 1 atom stereocenters. The molecule has 2 aliphatic rings. The molecule has 1 unspecified atom stereocenters. The maximum Gasteiger partial charge on any atom is 0.0280 e. The van der Waals surface area contributed by atoms with Gasteiger partial charge in [-0.15, -0.1) is 0 Å². The molecule has 1 N–H and O–H groups in total. The van der Waals surface area contributed by atoms with E-state index in [0.717, 1.165) is 13.1 Å². The normalized spacial score (nSPS) is 29.2. The lowest BCUT2D eigenvalue weighted by molar-refractivity contribution is 0.164. The van der Waals surface area contributed by atoms with Crippen LogP contribution in [0.4, 0.5) is 0 Å². The van der Waals surface area contributed by atoms with E-state index in [0.29, 0.717) is 5.54 Å². The lowest BCUT2D eigenvalue weighted by atomic mass is 9.90. The minimum Gasteiger partial charge on any atom is -0.310 e. The van der Waals surface area contributed by atoms with Gasteiger partial charge in [-0.3, -0.25) is 4.90 Å².